The molecule has 42 heavy (non-hydrogen) atoms. The van der Waals surface area contributed by atoms with Crippen molar-refractivity contribution in [2.24, 2.45) is 11.3 Å². The van der Waals surface area contributed by atoms with Gasteiger partial charge in [-0.3, -0.25) is 4.79 Å². The van der Waals surface area contributed by atoms with Crippen LogP contribution in [-0.2, 0) is 9.53 Å². The monoisotopic (exact) mass is 568 g/mol. The number of nitrogens with one attached hydrogen (secondary N) is 1. The number of amides is 1. The molecule has 4 heterocycles. The molecule has 9 heteroatoms. The lowest BCUT2D eigenvalue weighted by molar-refractivity contribution is -0.156. The van der Waals surface area contributed by atoms with Crippen LogP contribution < -0.4 is 15.0 Å². The zero-order valence-corrected chi connectivity index (χ0v) is 25.1. The van der Waals surface area contributed by atoms with Crippen LogP contribution in [0.1, 0.15) is 61.2 Å². The number of fused-ring (bicyclic) bond motifs is 1. The highest BCUT2D eigenvalue weighted by Crippen LogP contribution is 2.40. The number of piperidine rings is 2. The van der Waals surface area contributed by atoms with E-state index < -0.39 is 0 Å². The van der Waals surface area contributed by atoms with Crippen molar-refractivity contribution < 1.29 is 14.3 Å². The van der Waals surface area contributed by atoms with E-state index in [1.54, 1.807) is 7.11 Å². The Morgan fingerprint density at radius 1 is 1.14 bits per heavy atom. The van der Waals surface area contributed by atoms with Crippen LogP contribution in [0.5, 0.6) is 5.75 Å². The maximum absolute atomic E-state index is 13.4. The maximum Gasteiger partial charge on any atom is 0.225 e. The number of benzene rings is 2. The molecule has 3 fully saturated rings. The van der Waals surface area contributed by atoms with Crippen molar-refractivity contribution in [2.45, 2.75) is 52.5 Å². The number of methoxy groups -OCH3 is 1. The molecule has 3 aliphatic rings. The standard InChI is InChI=1S/C33H40N6O3/c1-21-25(18-34)6-5-7-26(21)22(2)35-31-27-16-29(30(41-4)17-28(27)36-23(3)37-31)38-12-8-24(9-13-38)32(40)39-14-10-33(11-15-39)19-42-20-33/h5-7,16-17,22,24H,8-15,19-20H2,1-4H3,(H,35,36,37)/t22-/m1/s1. The topological polar surface area (TPSA) is 104 Å². The Morgan fingerprint density at radius 3 is 2.52 bits per heavy atom. The summed E-state index contributed by atoms with van der Waals surface area (Å²) < 4.78 is 11.3. The van der Waals surface area contributed by atoms with Gasteiger partial charge in [-0.25, -0.2) is 9.97 Å². The molecule has 1 amide bonds. The summed E-state index contributed by atoms with van der Waals surface area (Å²) in [5.41, 5.74) is 4.84. The minimum absolute atomic E-state index is 0.0652. The highest BCUT2D eigenvalue weighted by atomic mass is 16.5. The number of carbonyl (C=O) groups excluding carboxylic acids is 1. The molecule has 0 bridgehead atoms. The van der Waals surface area contributed by atoms with E-state index in [0.717, 1.165) is 104 Å². The van der Waals surface area contributed by atoms with Crippen molar-refractivity contribution in [3.05, 3.63) is 52.8 Å². The zero-order chi connectivity index (χ0) is 29.4. The van der Waals surface area contributed by atoms with Gasteiger partial charge in [0.25, 0.3) is 0 Å². The number of anilines is 2. The highest BCUT2D eigenvalue weighted by molar-refractivity contribution is 5.94. The average Bonchev–Trinajstić information content (AvgIpc) is 2.99. The van der Waals surface area contributed by atoms with Crippen molar-refractivity contribution in [3.8, 4) is 11.8 Å². The first-order chi connectivity index (χ1) is 20.3. The van der Waals surface area contributed by atoms with E-state index in [1.165, 1.54) is 0 Å². The predicted octanol–water partition coefficient (Wildman–Crippen LogP) is 5.16. The zero-order valence-electron chi connectivity index (χ0n) is 25.1. The molecule has 6 rings (SSSR count). The quantitative estimate of drug-likeness (QED) is 0.435. The van der Waals surface area contributed by atoms with E-state index in [2.05, 4.69) is 34.2 Å². The van der Waals surface area contributed by atoms with E-state index in [4.69, 9.17) is 19.4 Å². The van der Waals surface area contributed by atoms with Crippen molar-refractivity contribution in [3.63, 3.8) is 0 Å². The van der Waals surface area contributed by atoms with Crippen LogP contribution >= 0.6 is 0 Å². The molecule has 9 nitrogen and oxygen atoms in total. The van der Waals surface area contributed by atoms with Gasteiger partial charge in [-0.15, -0.1) is 0 Å². The summed E-state index contributed by atoms with van der Waals surface area (Å²) in [6.45, 7) is 11.0. The van der Waals surface area contributed by atoms with Crippen LogP contribution in [-0.4, -0.2) is 67.3 Å². The third-order valence-electron chi connectivity index (χ3n) is 9.56. The smallest absolute Gasteiger partial charge is 0.225 e. The number of likely N-dealkylation sites (tertiary alicyclic amines) is 1. The van der Waals surface area contributed by atoms with Gasteiger partial charge in [0.15, 0.2) is 0 Å². The van der Waals surface area contributed by atoms with Crippen LogP contribution in [0.4, 0.5) is 11.5 Å². The van der Waals surface area contributed by atoms with Crippen molar-refractivity contribution in [2.75, 3.05) is 56.7 Å². The second-order valence-electron chi connectivity index (χ2n) is 12.2. The Hall–Kier alpha value is -3.90. The largest absolute Gasteiger partial charge is 0.495 e. The van der Waals surface area contributed by atoms with Crippen LogP contribution in [0.25, 0.3) is 10.9 Å². The maximum atomic E-state index is 13.4. The summed E-state index contributed by atoms with van der Waals surface area (Å²) in [6.07, 6.45) is 3.77. The molecular weight excluding hydrogens is 528 g/mol. The number of ether oxygens (including phenoxy) is 2. The summed E-state index contributed by atoms with van der Waals surface area (Å²) in [4.78, 5) is 27.3. The van der Waals surface area contributed by atoms with E-state index in [-0.39, 0.29) is 12.0 Å². The predicted molar refractivity (Wildman–Crippen MR) is 163 cm³/mol. The fourth-order valence-corrected chi connectivity index (χ4v) is 6.81. The number of aryl methyl sites for hydroxylation is 1. The Kier molecular flexibility index (Phi) is 7.67. The number of rotatable bonds is 6. The lowest BCUT2D eigenvalue weighted by atomic mass is 9.76. The van der Waals surface area contributed by atoms with Crippen LogP contribution in [0, 0.1) is 36.5 Å². The number of hydrogen-bond acceptors (Lipinski definition) is 8. The van der Waals surface area contributed by atoms with Gasteiger partial charge in [0.2, 0.25) is 5.91 Å². The Balaban J connectivity index is 1.20. The van der Waals surface area contributed by atoms with Gasteiger partial charge in [-0.1, -0.05) is 12.1 Å². The summed E-state index contributed by atoms with van der Waals surface area (Å²) in [6, 6.07) is 12.1. The first-order valence-electron chi connectivity index (χ1n) is 15.0. The lowest BCUT2D eigenvalue weighted by Gasteiger charge is -2.48. The number of hydrogen-bond donors (Lipinski definition) is 1. The third kappa shape index (κ3) is 5.24. The van der Waals surface area contributed by atoms with Crippen LogP contribution in [0.3, 0.4) is 0 Å². The summed E-state index contributed by atoms with van der Waals surface area (Å²) in [5.74, 6) is 2.57. The molecule has 0 saturated carbocycles. The second-order valence-corrected chi connectivity index (χ2v) is 12.2. The van der Waals surface area contributed by atoms with Crippen LogP contribution in [0.2, 0.25) is 0 Å². The number of nitrogens with zero attached hydrogens (tertiary/aromatic N) is 5. The molecule has 0 unspecified atom stereocenters. The molecule has 1 spiro atoms. The third-order valence-corrected chi connectivity index (χ3v) is 9.56. The number of aromatic nitrogens is 2. The van der Waals surface area contributed by atoms with Gasteiger partial charge in [0.1, 0.15) is 17.4 Å². The van der Waals surface area contributed by atoms with Gasteiger partial charge in [0.05, 0.1) is 49.2 Å². The minimum Gasteiger partial charge on any atom is -0.495 e. The van der Waals surface area contributed by atoms with Gasteiger partial charge in [0, 0.05) is 49.0 Å². The fraction of sp³-hybridized carbons (Fsp3) is 0.515. The average molecular weight is 569 g/mol. The highest BCUT2D eigenvalue weighted by Gasteiger charge is 2.43. The second kappa shape index (κ2) is 11.4. The first-order valence-corrected chi connectivity index (χ1v) is 15.0. The summed E-state index contributed by atoms with van der Waals surface area (Å²) in [7, 11) is 1.69. The lowest BCUT2D eigenvalue weighted by Crippen LogP contribution is -2.53. The molecule has 0 radical (unpaired) electrons. The van der Waals surface area contributed by atoms with E-state index in [0.29, 0.717) is 22.7 Å². The van der Waals surface area contributed by atoms with Crippen molar-refractivity contribution >= 4 is 28.3 Å². The van der Waals surface area contributed by atoms with E-state index in [9.17, 15) is 10.1 Å². The molecule has 0 aliphatic carbocycles. The fourth-order valence-electron chi connectivity index (χ4n) is 6.81. The normalized spacial score (nSPS) is 19.3. The number of nitriles is 1. The Bertz CT molecular complexity index is 1530. The van der Waals surface area contributed by atoms with E-state index in [1.807, 2.05) is 38.1 Å². The molecule has 2 aromatic carbocycles. The molecular formula is C33H40N6O3. The SMILES string of the molecule is COc1cc2nc(C)nc(N[C@H](C)c3cccc(C#N)c3C)c2cc1N1CCC(C(=O)N2CCC3(CC2)COC3)CC1. The van der Waals surface area contributed by atoms with Crippen LogP contribution in [0.15, 0.2) is 30.3 Å². The van der Waals surface area contributed by atoms with Gasteiger partial charge in [-0.2, -0.15) is 5.26 Å². The molecule has 1 aromatic heterocycles. The molecule has 3 aromatic rings. The molecule has 3 aliphatic heterocycles. The molecule has 3 saturated heterocycles. The molecule has 220 valence electrons. The van der Waals surface area contributed by atoms with Crippen molar-refractivity contribution in [1.29, 1.82) is 5.26 Å². The molecule has 1 atom stereocenters. The van der Waals surface area contributed by atoms with Gasteiger partial charge in [-0.05, 0) is 69.7 Å². The number of carbonyl (C=O) groups is 1. The Morgan fingerprint density at radius 2 is 1.88 bits per heavy atom. The van der Waals surface area contributed by atoms with E-state index >= 15 is 0 Å². The minimum atomic E-state index is -0.0652. The van der Waals surface area contributed by atoms with Crippen molar-refractivity contribution in [1.82, 2.24) is 14.9 Å². The van der Waals surface area contributed by atoms with Gasteiger partial charge < -0.3 is 24.6 Å². The summed E-state index contributed by atoms with van der Waals surface area (Å²) in [5, 5.41) is 14.0. The van der Waals surface area contributed by atoms with Gasteiger partial charge >= 0.3 is 0 Å². The first kappa shape index (κ1) is 28.2. The summed E-state index contributed by atoms with van der Waals surface area (Å²) >= 11 is 0. The molecule has 1 N–H and O–H groups in total. The Labute approximate surface area is 247 Å².